The number of hydrogen-bond donors (Lipinski definition) is 2. The summed E-state index contributed by atoms with van der Waals surface area (Å²) in [5.41, 5.74) is 3.73. The SMILES string of the molecule is COc1ccc(CCNc2nc(NC3CCN(Cc4ccccc4)CC3)nc3c2ncn3Cc2ccc(C(F)(F)F)cc2)cc1. The monoisotopic (exact) mass is 615 g/mol. The molecule has 11 heteroatoms. The van der Waals surface area contributed by atoms with Crippen LogP contribution in [0.1, 0.15) is 35.1 Å². The molecule has 0 radical (unpaired) electrons. The first kappa shape index (κ1) is 30.4. The first-order chi connectivity index (χ1) is 21.8. The summed E-state index contributed by atoms with van der Waals surface area (Å²) in [6, 6.07) is 23.8. The van der Waals surface area contributed by atoms with E-state index < -0.39 is 11.7 Å². The minimum atomic E-state index is -4.38. The lowest BCUT2D eigenvalue weighted by atomic mass is 10.0. The van der Waals surface area contributed by atoms with Gasteiger partial charge in [-0.25, -0.2) is 4.98 Å². The number of hydrogen-bond acceptors (Lipinski definition) is 7. The van der Waals surface area contributed by atoms with Gasteiger partial charge < -0.3 is 19.9 Å². The third kappa shape index (κ3) is 7.72. The van der Waals surface area contributed by atoms with Crippen LogP contribution in [-0.2, 0) is 25.7 Å². The van der Waals surface area contributed by atoms with E-state index in [1.807, 2.05) is 34.9 Å². The van der Waals surface area contributed by atoms with Crippen molar-refractivity contribution in [1.82, 2.24) is 24.4 Å². The average molecular weight is 616 g/mol. The minimum Gasteiger partial charge on any atom is -0.497 e. The molecular weight excluding hydrogens is 579 g/mol. The van der Waals surface area contributed by atoms with Crippen LogP contribution in [0.5, 0.6) is 5.75 Å². The molecule has 0 bridgehead atoms. The number of aromatic nitrogens is 4. The predicted octanol–water partition coefficient (Wildman–Crippen LogP) is 6.63. The number of nitrogens with zero attached hydrogens (tertiary/aromatic N) is 5. The van der Waals surface area contributed by atoms with Gasteiger partial charge in [0.2, 0.25) is 5.95 Å². The van der Waals surface area contributed by atoms with Gasteiger partial charge in [0.1, 0.15) is 5.75 Å². The molecule has 3 heterocycles. The molecule has 2 aromatic heterocycles. The maximum atomic E-state index is 13.1. The van der Waals surface area contributed by atoms with E-state index in [-0.39, 0.29) is 6.04 Å². The van der Waals surface area contributed by atoms with E-state index in [0.29, 0.717) is 36.0 Å². The number of halogens is 3. The number of methoxy groups -OCH3 is 1. The van der Waals surface area contributed by atoms with Crippen molar-refractivity contribution in [2.75, 3.05) is 37.4 Å². The summed E-state index contributed by atoms with van der Waals surface area (Å²) in [5, 5.41) is 7.00. The molecule has 2 N–H and O–H groups in total. The average Bonchev–Trinajstić information content (AvgIpc) is 3.45. The number of likely N-dealkylation sites (tertiary alicyclic amines) is 1. The van der Waals surface area contributed by atoms with Gasteiger partial charge >= 0.3 is 6.18 Å². The molecule has 1 fully saturated rings. The molecule has 3 aromatic carbocycles. The molecule has 5 aromatic rings. The van der Waals surface area contributed by atoms with Crippen molar-refractivity contribution in [3.8, 4) is 5.75 Å². The van der Waals surface area contributed by atoms with Crippen LogP contribution in [0.15, 0.2) is 85.2 Å². The highest BCUT2D eigenvalue weighted by molar-refractivity contribution is 5.84. The highest BCUT2D eigenvalue weighted by Gasteiger charge is 2.30. The Morgan fingerprint density at radius 2 is 1.53 bits per heavy atom. The van der Waals surface area contributed by atoms with Crippen molar-refractivity contribution in [2.24, 2.45) is 0 Å². The lowest BCUT2D eigenvalue weighted by Gasteiger charge is -2.32. The molecule has 45 heavy (non-hydrogen) atoms. The van der Waals surface area contributed by atoms with Crippen LogP contribution in [0.25, 0.3) is 11.2 Å². The van der Waals surface area contributed by atoms with E-state index in [0.717, 1.165) is 67.9 Å². The second kappa shape index (κ2) is 13.6. The van der Waals surface area contributed by atoms with Gasteiger partial charge in [0, 0.05) is 32.2 Å². The summed E-state index contributed by atoms with van der Waals surface area (Å²) in [5.74, 6) is 1.93. The molecule has 234 valence electrons. The number of benzene rings is 3. The van der Waals surface area contributed by atoms with Crippen molar-refractivity contribution in [1.29, 1.82) is 0 Å². The Balaban J connectivity index is 1.19. The number of fused-ring (bicyclic) bond motifs is 1. The number of alkyl halides is 3. The molecule has 1 aliphatic rings. The lowest BCUT2D eigenvalue weighted by Crippen LogP contribution is -2.39. The van der Waals surface area contributed by atoms with Gasteiger partial charge in [-0.1, -0.05) is 54.6 Å². The number of nitrogens with one attached hydrogen (secondary N) is 2. The van der Waals surface area contributed by atoms with Crippen molar-refractivity contribution < 1.29 is 17.9 Å². The fourth-order valence-electron chi connectivity index (χ4n) is 5.62. The van der Waals surface area contributed by atoms with Crippen molar-refractivity contribution >= 4 is 22.9 Å². The van der Waals surface area contributed by atoms with E-state index in [1.165, 1.54) is 17.7 Å². The van der Waals surface area contributed by atoms with E-state index in [1.54, 1.807) is 13.4 Å². The van der Waals surface area contributed by atoms with Crippen LogP contribution in [-0.4, -0.2) is 57.2 Å². The van der Waals surface area contributed by atoms with Gasteiger partial charge in [0.25, 0.3) is 0 Å². The maximum absolute atomic E-state index is 13.1. The summed E-state index contributed by atoms with van der Waals surface area (Å²) in [6.07, 6.45) is -0.0292. The normalized spacial score (nSPS) is 14.5. The van der Waals surface area contributed by atoms with Gasteiger partial charge in [-0.3, -0.25) is 4.90 Å². The van der Waals surface area contributed by atoms with Crippen LogP contribution in [0.3, 0.4) is 0 Å². The Bertz CT molecular complexity index is 1680. The lowest BCUT2D eigenvalue weighted by molar-refractivity contribution is -0.137. The minimum absolute atomic E-state index is 0.216. The molecular formula is C34H36F3N7O. The second-order valence-electron chi connectivity index (χ2n) is 11.3. The number of anilines is 2. The molecule has 6 rings (SSSR count). The largest absolute Gasteiger partial charge is 0.497 e. The van der Waals surface area contributed by atoms with E-state index in [9.17, 15) is 13.2 Å². The topological polar surface area (TPSA) is 80.1 Å². The zero-order chi connectivity index (χ0) is 31.2. The number of rotatable bonds is 11. The van der Waals surface area contributed by atoms with Crippen molar-refractivity contribution in [2.45, 2.75) is 44.6 Å². The van der Waals surface area contributed by atoms with Crippen LogP contribution in [0, 0.1) is 0 Å². The Hall–Kier alpha value is -4.64. The summed E-state index contributed by atoms with van der Waals surface area (Å²) in [7, 11) is 1.65. The van der Waals surface area contributed by atoms with E-state index in [2.05, 4.69) is 44.8 Å². The van der Waals surface area contributed by atoms with Gasteiger partial charge in [-0.05, 0) is 60.2 Å². The van der Waals surface area contributed by atoms with Crippen LogP contribution in [0.2, 0.25) is 0 Å². The molecule has 0 aliphatic carbocycles. The van der Waals surface area contributed by atoms with Crippen LogP contribution in [0.4, 0.5) is 24.9 Å². The standard InChI is InChI=1S/C34H36F3N7O/c1-45-29-13-9-24(10-14-29)15-18-38-31-30-32(44(23-39-30)22-26-7-11-27(12-8-26)34(35,36)37)42-33(41-31)40-28-16-19-43(20-17-28)21-25-5-3-2-4-6-25/h2-14,23,28H,15-22H2,1H3,(H2,38,40,41,42). The third-order valence-corrected chi connectivity index (χ3v) is 8.13. The first-order valence-electron chi connectivity index (χ1n) is 15.1. The van der Waals surface area contributed by atoms with Crippen LogP contribution >= 0.6 is 0 Å². The zero-order valence-corrected chi connectivity index (χ0v) is 25.1. The molecule has 1 saturated heterocycles. The molecule has 0 atom stereocenters. The Labute approximate surface area is 260 Å². The van der Waals surface area contributed by atoms with Gasteiger partial charge in [-0.15, -0.1) is 0 Å². The Morgan fingerprint density at radius 3 is 2.22 bits per heavy atom. The Kier molecular flexibility index (Phi) is 9.16. The maximum Gasteiger partial charge on any atom is 0.416 e. The molecule has 0 spiro atoms. The quantitative estimate of drug-likeness (QED) is 0.173. The molecule has 1 aliphatic heterocycles. The summed E-state index contributed by atoms with van der Waals surface area (Å²) in [4.78, 5) is 16.7. The van der Waals surface area contributed by atoms with Gasteiger partial charge in [0.05, 0.1) is 25.5 Å². The highest BCUT2D eigenvalue weighted by atomic mass is 19.4. The van der Waals surface area contributed by atoms with Crippen LogP contribution < -0.4 is 15.4 Å². The summed E-state index contributed by atoms with van der Waals surface area (Å²) >= 11 is 0. The van der Waals surface area contributed by atoms with Crippen molar-refractivity contribution in [3.63, 3.8) is 0 Å². The van der Waals surface area contributed by atoms with E-state index >= 15 is 0 Å². The summed E-state index contributed by atoms with van der Waals surface area (Å²) < 4.78 is 46.4. The zero-order valence-electron chi connectivity index (χ0n) is 25.1. The molecule has 0 saturated carbocycles. The van der Waals surface area contributed by atoms with Crippen molar-refractivity contribution in [3.05, 3.63) is 107 Å². The van der Waals surface area contributed by atoms with Gasteiger partial charge in [-0.2, -0.15) is 23.1 Å². The number of ether oxygens (including phenoxy) is 1. The van der Waals surface area contributed by atoms with E-state index in [4.69, 9.17) is 14.7 Å². The fourth-order valence-corrected chi connectivity index (χ4v) is 5.62. The first-order valence-corrected chi connectivity index (χ1v) is 15.1. The number of imidazole rings is 1. The fraction of sp³-hybridized carbons (Fsp3) is 0.324. The molecule has 0 amide bonds. The second-order valence-corrected chi connectivity index (χ2v) is 11.3. The van der Waals surface area contributed by atoms with Gasteiger partial charge in [0.15, 0.2) is 17.0 Å². The Morgan fingerprint density at radius 1 is 0.844 bits per heavy atom. The predicted molar refractivity (Wildman–Crippen MR) is 169 cm³/mol. The highest BCUT2D eigenvalue weighted by Crippen LogP contribution is 2.30. The molecule has 8 nitrogen and oxygen atoms in total. The smallest absolute Gasteiger partial charge is 0.416 e. The number of piperidine rings is 1. The summed E-state index contributed by atoms with van der Waals surface area (Å²) in [6.45, 7) is 3.82. The third-order valence-electron chi connectivity index (χ3n) is 8.13. The molecule has 0 unspecified atom stereocenters.